The van der Waals surface area contributed by atoms with Gasteiger partial charge in [-0.15, -0.1) is 0 Å². The standard InChI is InChI=1S/C11H9F2NO/c12-11(13)6-8-5-7-3-1-2-4-9(7)14(8)10(11)15/h1-4,8H,5-6H2. The smallest absolute Gasteiger partial charge is 0.303 e. The molecule has 0 aliphatic carbocycles. The predicted molar refractivity (Wildman–Crippen MR) is 51.0 cm³/mol. The summed E-state index contributed by atoms with van der Waals surface area (Å²) in [5.41, 5.74) is 1.65. The Hall–Kier alpha value is -1.45. The van der Waals surface area contributed by atoms with Crippen molar-refractivity contribution in [2.75, 3.05) is 4.90 Å². The monoisotopic (exact) mass is 209 g/mol. The first kappa shape index (κ1) is 8.83. The molecule has 0 spiro atoms. The van der Waals surface area contributed by atoms with E-state index in [4.69, 9.17) is 0 Å². The zero-order chi connectivity index (χ0) is 10.6. The molecule has 2 nitrogen and oxygen atoms in total. The van der Waals surface area contributed by atoms with Gasteiger partial charge in [-0.05, 0) is 18.1 Å². The molecule has 0 bridgehead atoms. The zero-order valence-corrected chi connectivity index (χ0v) is 7.91. The second kappa shape index (κ2) is 2.56. The summed E-state index contributed by atoms with van der Waals surface area (Å²) in [4.78, 5) is 12.7. The van der Waals surface area contributed by atoms with Gasteiger partial charge in [0, 0.05) is 18.2 Å². The summed E-state index contributed by atoms with van der Waals surface area (Å²) in [6.07, 6.45) is 0.206. The van der Waals surface area contributed by atoms with Gasteiger partial charge in [0.05, 0.1) is 0 Å². The minimum Gasteiger partial charge on any atom is -0.303 e. The summed E-state index contributed by atoms with van der Waals surface area (Å²) in [6, 6.07) is 6.91. The molecule has 1 atom stereocenters. The molecule has 1 amide bonds. The number of halogens is 2. The Morgan fingerprint density at radius 1 is 1.33 bits per heavy atom. The molecule has 15 heavy (non-hydrogen) atoms. The number of carbonyl (C=O) groups is 1. The molecule has 0 saturated carbocycles. The lowest BCUT2D eigenvalue weighted by atomic mass is 10.1. The van der Waals surface area contributed by atoms with Crippen molar-refractivity contribution < 1.29 is 13.6 Å². The van der Waals surface area contributed by atoms with Gasteiger partial charge in [-0.1, -0.05) is 18.2 Å². The molecule has 3 rings (SSSR count). The number of fused-ring (bicyclic) bond motifs is 3. The first-order valence-electron chi connectivity index (χ1n) is 4.89. The van der Waals surface area contributed by atoms with Crippen molar-refractivity contribution in [2.24, 2.45) is 0 Å². The average molecular weight is 209 g/mol. The van der Waals surface area contributed by atoms with E-state index in [1.54, 1.807) is 12.1 Å². The van der Waals surface area contributed by atoms with E-state index in [2.05, 4.69) is 0 Å². The summed E-state index contributed by atoms with van der Waals surface area (Å²) in [5, 5.41) is 0. The van der Waals surface area contributed by atoms with E-state index in [-0.39, 0.29) is 12.5 Å². The Balaban J connectivity index is 2.09. The number of anilines is 1. The summed E-state index contributed by atoms with van der Waals surface area (Å²) in [6.45, 7) is 0. The third-order valence-corrected chi connectivity index (χ3v) is 3.10. The van der Waals surface area contributed by atoms with Crippen molar-refractivity contribution in [3.63, 3.8) is 0 Å². The van der Waals surface area contributed by atoms with Gasteiger partial charge in [0.1, 0.15) is 0 Å². The lowest BCUT2D eigenvalue weighted by Crippen LogP contribution is -2.34. The molecule has 2 aliphatic heterocycles. The highest BCUT2D eigenvalue weighted by atomic mass is 19.3. The Morgan fingerprint density at radius 2 is 2.07 bits per heavy atom. The Morgan fingerprint density at radius 3 is 2.87 bits per heavy atom. The summed E-state index contributed by atoms with van der Waals surface area (Å²) >= 11 is 0. The van der Waals surface area contributed by atoms with Gasteiger partial charge in [0.2, 0.25) is 0 Å². The SMILES string of the molecule is O=C1N2c3ccccc3CC2CC1(F)F. The Labute approximate surface area is 85.5 Å². The van der Waals surface area contributed by atoms with Crippen LogP contribution in [0.25, 0.3) is 0 Å². The van der Waals surface area contributed by atoms with Gasteiger partial charge in [-0.3, -0.25) is 4.79 Å². The van der Waals surface area contributed by atoms with E-state index < -0.39 is 11.8 Å². The third kappa shape index (κ3) is 1.05. The number of para-hydroxylation sites is 1. The van der Waals surface area contributed by atoms with Crippen LogP contribution in [0.1, 0.15) is 12.0 Å². The third-order valence-electron chi connectivity index (χ3n) is 3.10. The van der Waals surface area contributed by atoms with Crippen LogP contribution in [0.3, 0.4) is 0 Å². The number of nitrogens with zero attached hydrogens (tertiary/aromatic N) is 1. The van der Waals surface area contributed by atoms with E-state index >= 15 is 0 Å². The van der Waals surface area contributed by atoms with Crippen LogP contribution in [0.4, 0.5) is 14.5 Å². The fourth-order valence-corrected chi connectivity index (χ4v) is 2.46. The Bertz CT molecular complexity index is 444. The van der Waals surface area contributed by atoms with Gasteiger partial charge in [0.15, 0.2) is 0 Å². The molecule has 78 valence electrons. The maximum atomic E-state index is 13.2. The molecule has 0 radical (unpaired) electrons. The van der Waals surface area contributed by atoms with Gasteiger partial charge in [-0.2, -0.15) is 8.78 Å². The molecular weight excluding hydrogens is 200 g/mol. The summed E-state index contributed by atoms with van der Waals surface area (Å²) in [7, 11) is 0. The molecule has 1 unspecified atom stereocenters. The van der Waals surface area contributed by atoms with Crippen LogP contribution in [0.15, 0.2) is 24.3 Å². The average Bonchev–Trinajstić information content (AvgIpc) is 2.62. The highest BCUT2D eigenvalue weighted by Crippen LogP contribution is 2.44. The molecule has 0 N–H and O–H groups in total. The largest absolute Gasteiger partial charge is 0.327 e. The summed E-state index contributed by atoms with van der Waals surface area (Å²) in [5.74, 6) is -4.21. The number of hydrogen-bond donors (Lipinski definition) is 0. The van der Waals surface area contributed by atoms with Crippen molar-refractivity contribution in [3.05, 3.63) is 29.8 Å². The van der Waals surface area contributed by atoms with E-state index in [9.17, 15) is 13.6 Å². The second-order valence-corrected chi connectivity index (χ2v) is 4.07. The van der Waals surface area contributed by atoms with Gasteiger partial charge < -0.3 is 4.90 Å². The molecule has 1 saturated heterocycles. The summed E-state index contributed by atoms with van der Waals surface area (Å²) < 4.78 is 26.3. The molecule has 4 heteroatoms. The molecule has 0 aromatic heterocycles. The lowest BCUT2D eigenvalue weighted by Gasteiger charge is -2.15. The zero-order valence-electron chi connectivity index (χ0n) is 7.91. The van der Waals surface area contributed by atoms with Crippen LogP contribution in [-0.4, -0.2) is 17.9 Å². The second-order valence-electron chi connectivity index (χ2n) is 4.07. The number of rotatable bonds is 0. The number of carbonyl (C=O) groups excluding carboxylic acids is 1. The Kier molecular flexibility index (Phi) is 1.51. The highest BCUT2D eigenvalue weighted by Gasteiger charge is 2.56. The minimum atomic E-state index is -3.17. The molecule has 1 fully saturated rings. The van der Waals surface area contributed by atoms with Crippen LogP contribution in [-0.2, 0) is 11.2 Å². The fraction of sp³-hybridized carbons (Fsp3) is 0.364. The van der Waals surface area contributed by atoms with Crippen molar-refractivity contribution in [1.82, 2.24) is 0 Å². The highest BCUT2D eigenvalue weighted by molar-refractivity contribution is 6.03. The molecule has 2 heterocycles. The topological polar surface area (TPSA) is 20.3 Å². The first-order chi connectivity index (χ1) is 7.09. The van der Waals surface area contributed by atoms with Crippen molar-refractivity contribution in [3.8, 4) is 0 Å². The maximum absolute atomic E-state index is 13.2. The maximum Gasteiger partial charge on any atom is 0.327 e. The van der Waals surface area contributed by atoms with Gasteiger partial charge in [0.25, 0.3) is 5.91 Å². The molecular formula is C11H9F2NO. The van der Waals surface area contributed by atoms with Crippen LogP contribution >= 0.6 is 0 Å². The first-order valence-corrected chi connectivity index (χ1v) is 4.89. The van der Waals surface area contributed by atoms with Crippen LogP contribution in [0, 0.1) is 0 Å². The molecule has 2 aliphatic rings. The number of benzene rings is 1. The minimum absolute atomic E-state index is 0.343. The van der Waals surface area contributed by atoms with Crippen LogP contribution < -0.4 is 4.90 Å². The fourth-order valence-electron chi connectivity index (χ4n) is 2.46. The van der Waals surface area contributed by atoms with E-state index in [0.717, 1.165) is 5.56 Å². The predicted octanol–water partition coefficient (Wildman–Crippen LogP) is 1.98. The van der Waals surface area contributed by atoms with Gasteiger partial charge >= 0.3 is 5.92 Å². The van der Waals surface area contributed by atoms with Crippen molar-refractivity contribution >= 4 is 11.6 Å². The quantitative estimate of drug-likeness (QED) is 0.639. The van der Waals surface area contributed by atoms with Gasteiger partial charge in [-0.25, -0.2) is 0 Å². The van der Waals surface area contributed by atoms with E-state index in [1.165, 1.54) is 4.90 Å². The molecule has 1 aromatic carbocycles. The number of amides is 1. The number of hydrogen-bond acceptors (Lipinski definition) is 1. The van der Waals surface area contributed by atoms with E-state index in [1.807, 2.05) is 12.1 Å². The van der Waals surface area contributed by atoms with Crippen LogP contribution in [0.2, 0.25) is 0 Å². The lowest BCUT2D eigenvalue weighted by molar-refractivity contribution is -0.137. The van der Waals surface area contributed by atoms with Crippen LogP contribution in [0.5, 0.6) is 0 Å². The van der Waals surface area contributed by atoms with Crippen molar-refractivity contribution in [1.29, 1.82) is 0 Å². The number of alkyl halides is 2. The normalized spacial score (nSPS) is 26.7. The molecule has 1 aromatic rings. The van der Waals surface area contributed by atoms with Crippen molar-refractivity contribution in [2.45, 2.75) is 24.8 Å². The van der Waals surface area contributed by atoms with E-state index in [0.29, 0.717) is 12.1 Å².